The van der Waals surface area contributed by atoms with E-state index in [1.165, 1.54) is 19.3 Å². The van der Waals surface area contributed by atoms with Gasteiger partial charge in [-0.2, -0.15) is 0 Å². The van der Waals surface area contributed by atoms with E-state index in [2.05, 4.69) is 15.5 Å². The number of rotatable bonds is 5. The Morgan fingerprint density at radius 2 is 1.95 bits per heavy atom. The van der Waals surface area contributed by atoms with Crippen LogP contribution in [-0.2, 0) is 0 Å². The van der Waals surface area contributed by atoms with Crippen molar-refractivity contribution < 1.29 is 9.90 Å². The van der Waals surface area contributed by atoms with Gasteiger partial charge in [0.05, 0.1) is 5.60 Å². The van der Waals surface area contributed by atoms with Gasteiger partial charge < -0.3 is 20.6 Å². The van der Waals surface area contributed by atoms with Crippen LogP contribution in [0.4, 0.5) is 4.79 Å². The lowest BCUT2D eigenvalue weighted by atomic mass is 9.80. The van der Waals surface area contributed by atoms with Crippen molar-refractivity contribution in [2.45, 2.75) is 57.1 Å². The molecule has 5 heteroatoms. The SMILES string of the molecule is CC(CN1CCCCC1)NC(=O)NCC1(O)CCC1. The summed E-state index contributed by atoms with van der Waals surface area (Å²) in [6, 6.07) is -0.0148. The second-order valence-electron chi connectivity index (χ2n) is 6.17. The Labute approximate surface area is 115 Å². The van der Waals surface area contributed by atoms with Gasteiger partial charge in [0.15, 0.2) is 0 Å². The second-order valence-corrected chi connectivity index (χ2v) is 6.17. The Hall–Kier alpha value is -0.810. The number of hydrogen-bond donors (Lipinski definition) is 3. The van der Waals surface area contributed by atoms with Gasteiger partial charge >= 0.3 is 6.03 Å². The first-order valence-corrected chi connectivity index (χ1v) is 7.56. The number of nitrogens with one attached hydrogen (secondary N) is 2. The van der Waals surface area contributed by atoms with Gasteiger partial charge in [0.25, 0.3) is 0 Å². The van der Waals surface area contributed by atoms with Crippen LogP contribution in [0.3, 0.4) is 0 Å². The molecule has 1 atom stereocenters. The van der Waals surface area contributed by atoms with Crippen LogP contribution >= 0.6 is 0 Å². The molecular formula is C14H27N3O2. The fourth-order valence-corrected chi connectivity index (χ4v) is 2.86. The third-order valence-corrected chi connectivity index (χ3v) is 4.22. The summed E-state index contributed by atoms with van der Waals surface area (Å²) < 4.78 is 0. The van der Waals surface area contributed by atoms with Crippen molar-refractivity contribution in [1.82, 2.24) is 15.5 Å². The Morgan fingerprint density at radius 3 is 2.53 bits per heavy atom. The molecule has 1 aliphatic heterocycles. The topological polar surface area (TPSA) is 64.6 Å². The second kappa shape index (κ2) is 6.57. The maximum atomic E-state index is 11.7. The standard InChI is InChI=1S/C14H27N3O2/c1-12(10-17-8-3-2-4-9-17)16-13(18)15-11-14(19)6-5-7-14/h12,19H,2-11H2,1H3,(H2,15,16,18). The molecule has 0 radical (unpaired) electrons. The zero-order valence-electron chi connectivity index (χ0n) is 12.0. The van der Waals surface area contributed by atoms with E-state index in [0.29, 0.717) is 6.54 Å². The molecule has 0 aromatic rings. The number of urea groups is 1. The van der Waals surface area contributed by atoms with Crippen LogP contribution in [0.1, 0.15) is 45.4 Å². The zero-order chi connectivity index (χ0) is 13.7. The highest BCUT2D eigenvalue weighted by Crippen LogP contribution is 2.30. The summed E-state index contributed by atoms with van der Waals surface area (Å²) in [7, 11) is 0. The molecule has 19 heavy (non-hydrogen) atoms. The zero-order valence-corrected chi connectivity index (χ0v) is 12.0. The molecule has 0 aromatic heterocycles. The van der Waals surface area contributed by atoms with Gasteiger partial charge in [-0.15, -0.1) is 0 Å². The monoisotopic (exact) mass is 269 g/mol. The fourth-order valence-electron chi connectivity index (χ4n) is 2.86. The van der Waals surface area contributed by atoms with Gasteiger partial charge in [-0.05, 0) is 52.1 Å². The molecule has 0 spiro atoms. The lowest BCUT2D eigenvalue weighted by Gasteiger charge is -2.36. The highest BCUT2D eigenvalue weighted by atomic mass is 16.3. The summed E-state index contributed by atoms with van der Waals surface area (Å²) in [6.07, 6.45) is 6.54. The third kappa shape index (κ3) is 4.66. The van der Waals surface area contributed by atoms with E-state index in [-0.39, 0.29) is 12.1 Å². The summed E-state index contributed by atoms with van der Waals surface area (Å²) in [5, 5.41) is 15.6. The van der Waals surface area contributed by atoms with E-state index in [9.17, 15) is 9.90 Å². The van der Waals surface area contributed by atoms with Gasteiger partial charge in [0.1, 0.15) is 0 Å². The fraction of sp³-hybridized carbons (Fsp3) is 0.929. The van der Waals surface area contributed by atoms with Crippen molar-refractivity contribution in [3.05, 3.63) is 0 Å². The predicted molar refractivity (Wildman–Crippen MR) is 75.1 cm³/mol. The maximum Gasteiger partial charge on any atom is 0.315 e. The van der Waals surface area contributed by atoms with Crippen LogP contribution < -0.4 is 10.6 Å². The van der Waals surface area contributed by atoms with Crippen molar-refractivity contribution >= 4 is 6.03 Å². The number of aliphatic hydroxyl groups is 1. The van der Waals surface area contributed by atoms with Crippen LogP contribution in [0.25, 0.3) is 0 Å². The molecule has 2 aliphatic rings. The van der Waals surface area contributed by atoms with Gasteiger partial charge in [0, 0.05) is 19.1 Å². The first-order chi connectivity index (χ1) is 9.07. The van der Waals surface area contributed by atoms with Crippen molar-refractivity contribution in [3.8, 4) is 0 Å². The number of nitrogens with zero attached hydrogens (tertiary/aromatic N) is 1. The van der Waals surface area contributed by atoms with E-state index < -0.39 is 5.60 Å². The molecule has 2 amide bonds. The molecule has 0 bridgehead atoms. The number of carbonyl (C=O) groups is 1. The number of amides is 2. The summed E-state index contributed by atoms with van der Waals surface area (Å²) in [6.45, 7) is 5.61. The lowest BCUT2D eigenvalue weighted by Crippen LogP contribution is -2.52. The van der Waals surface area contributed by atoms with E-state index in [0.717, 1.165) is 38.9 Å². The minimum absolute atomic E-state index is 0.147. The van der Waals surface area contributed by atoms with Gasteiger partial charge in [-0.25, -0.2) is 4.79 Å². The highest BCUT2D eigenvalue weighted by Gasteiger charge is 2.34. The molecule has 1 heterocycles. The third-order valence-electron chi connectivity index (χ3n) is 4.22. The average molecular weight is 269 g/mol. The quantitative estimate of drug-likeness (QED) is 0.699. The Balaban J connectivity index is 1.60. The summed E-state index contributed by atoms with van der Waals surface area (Å²) in [4.78, 5) is 14.1. The van der Waals surface area contributed by atoms with Crippen LogP contribution in [0, 0.1) is 0 Å². The molecule has 1 unspecified atom stereocenters. The van der Waals surface area contributed by atoms with E-state index >= 15 is 0 Å². The Kier molecular flexibility index (Phi) is 5.05. The summed E-state index contributed by atoms with van der Waals surface area (Å²) >= 11 is 0. The average Bonchev–Trinajstić information content (AvgIpc) is 2.35. The van der Waals surface area contributed by atoms with Crippen LogP contribution in [0.2, 0.25) is 0 Å². The van der Waals surface area contributed by atoms with Gasteiger partial charge in [0.2, 0.25) is 0 Å². The van der Waals surface area contributed by atoms with Crippen LogP contribution in [0.15, 0.2) is 0 Å². The smallest absolute Gasteiger partial charge is 0.315 e. The van der Waals surface area contributed by atoms with E-state index in [1.54, 1.807) is 0 Å². The maximum absolute atomic E-state index is 11.7. The van der Waals surface area contributed by atoms with Gasteiger partial charge in [-0.1, -0.05) is 6.42 Å². The number of hydrogen-bond acceptors (Lipinski definition) is 3. The molecule has 110 valence electrons. The molecule has 2 fully saturated rings. The minimum atomic E-state index is -0.645. The number of carbonyl (C=O) groups excluding carboxylic acids is 1. The van der Waals surface area contributed by atoms with E-state index in [4.69, 9.17) is 0 Å². The summed E-state index contributed by atoms with van der Waals surface area (Å²) in [5.74, 6) is 0. The molecule has 1 saturated carbocycles. The molecule has 1 aliphatic carbocycles. The van der Waals surface area contributed by atoms with Crippen molar-refractivity contribution in [3.63, 3.8) is 0 Å². The van der Waals surface area contributed by atoms with Crippen LogP contribution in [0.5, 0.6) is 0 Å². The Morgan fingerprint density at radius 1 is 1.26 bits per heavy atom. The van der Waals surface area contributed by atoms with E-state index in [1.807, 2.05) is 6.92 Å². The minimum Gasteiger partial charge on any atom is -0.388 e. The highest BCUT2D eigenvalue weighted by molar-refractivity contribution is 5.74. The molecular weight excluding hydrogens is 242 g/mol. The van der Waals surface area contributed by atoms with Crippen molar-refractivity contribution in [1.29, 1.82) is 0 Å². The lowest BCUT2D eigenvalue weighted by molar-refractivity contribution is -0.0290. The molecule has 2 rings (SSSR count). The molecule has 3 N–H and O–H groups in total. The van der Waals surface area contributed by atoms with Gasteiger partial charge in [-0.3, -0.25) is 0 Å². The number of piperidine rings is 1. The molecule has 0 aromatic carbocycles. The molecule has 1 saturated heterocycles. The first kappa shape index (κ1) is 14.6. The Bertz CT molecular complexity index is 299. The number of likely N-dealkylation sites (tertiary alicyclic amines) is 1. The predicted octanol–water partition coefficient (Wildman–Crippen LogP) is 1.07. The van der Waals surface area contributed by atoms with Crippen molar-refractivity contribution in [2.24, 2.45) is 0 Å². The summed E-state index contributed by atoms with van der Waals surface area (Å²) in [5.41, 5.74) is -0.645. The van der Waals surface area contributed by atoms with Crippen LogP contribution in [-0.4, -0.2) is 53.9 Å². The largest absolute Gasteiger partial charge is 0.388 e. The normalized spacial score (nSPS) is 24.3. The first-order valence-electron chi connectivity index (χ1n) is 7.56. The van der Waals surface area contributed by atoms with Crippen molar-refractivity contribution in [2.75, 3.05) is 26.2 Å². The molecule has 5 nitrogen and oxygen atoms in total.